The van der Waals surface area contributed by atoms with Crippen molar-refractivity contribution < 1.29 is 0 Å². The van der Waals surface area contributed by atoms with E-state index in [1.54, 1.807) is 0 Å². The molecule has 1 N–H and O–H groups in total. The largest absolute Gasteiger partial charge is 0.371 e. The summed E-state index contributed by atoms with van der Waals surface area (Å²) in [5, 5.41) is 5.78. The average molecular weight is 288 g/mol. The molecule has 0 aliphatic carbocycles. The fourth-order valence-electron chi connectivity index (χ4n) is 1.84. The zero-order valence-corrected chi connectivity index (χ0v) is 11.3. The van der Waals surface area contributed by atoms with E-state index >= 15 is 0 Å². The Labute approximate surface area is 110 Å². The van der Waals surface area contributed by atoms with E-state index in [0.29, 0.717) is 0 Å². The lowest BCUT2D eigenvalue weighted by molar-refractivity contribution is 0.859. The Morgan fingerprint density at radius 2 is 1.94 bits per heavy atom. The van der Waals surface area contributed by atoms with E-state index < -0.39 is 0 Å². The number of halogens is 1. The van der Waals surface area contributed by atoms with Gasteiger partial charge in [0.1, 0.15) is 0 Å². The predicted molar refractivity (Wildman–Crippen MR) is 78.2 cm³/mol. The first-order valence-electron chi connectivity index (χ1n) is 5.66. The third-order valence-electron chi connectivity index (χ3n) is 2.81. The maximum Gasteiger partial charge on any atom is 0.0871 e. The molecule has 0 heterocycles. The van der Waals surface area contributed by atoms with Crippen molar-refractivity contribution in [2.75, 3.05) is 5.32 Å². The summed E-state index contributed by atoms with van der Waals surface area (Å²) in [6, 6.07) is 12.5. The van der Waals surface area contributed by atoms with Crippen molar-refractivity contribution in [1.82, 2.24) is 0 Å². The maximum atomic E-state index is 5.48. The Hall–Kier alpha value is -1.46. The van der Waals surface area contributed by atoms with Crippen LogP contribution < -0.4 is 5.32 Å². The molecule has 0 bridgehead atoms. The number of anilines is 1. The van der Waals surface area contributed by atoms with E-state index in [4.69, 9.17) is 6.42 Å². The minimum atomic E-state index is 0.0829. The minimum absolute atomic E-state index is 0.0829. The van der Waals surface area contributed by atoms with Crippen LogP contribution in [-0.4, -0.2) is 6.04 Å². The van der Waals surface area contributed by atoms with Crippen LogP contribution >= 0.6 is 15.9 Å². The summed E-state index contributed by atoms with van der Waals surface area (Å²) < 4.78 is 1.10. The summed E-state index contributed by atoms with van der Waals surface area (Å²) in [5.74, 6) is 2.76. The molecule has 1 nitrogen and oxygen atoms in total. The highest BCUT2D eigenvalue weighted by Crippen LogP contribution is 2.30. The third-order valence-corrected chi connectivity index (χ3v) is 3.50. The van der Waals surface area contributed by atoms with Crippen LogP contribution in [0.5, 0.6) is 0 Å². The predicted octanol–water partition coefficient (Wildman–Crippen LogP) is 4.43. The third kappa shape index (κ3) is 2.45. The second-order valence-electron chi connectivity index (χ2n) is 3.91. The number of hydrogen-bond acceptors (Lipinski definition) is 1. The van der Waals surface area contributed by atoms with Crippen LogP contribution in [-0.2, 0) is 0 Å². The van der Waals surface area contributed by atoms with Crippen LogP contribution in [0.2, 0.25) is 0 Å². The lowest BCUT2D eigenvalue weighted by Crippen LogP contribution is -2.15. The van der Waals surface area contributed by atoms with E-state index in [9.17, 15) is 0 Å². The first kappa shape index (κ1) is 12.0. The summed E-state index contributed by atoms with van der Waals surface area (Å²) in [6.45, 7) is 2.08. The summed E-state index contributed by atoms with van der Waals surface area (Å²) in [4.78, 5) is 0. The van der Waals surface area contributed by atoms with E-state index in [2.05, 4.69) is 52.3 Å². The maximum absolute atomic E-state index is 5.48. The molecule has 2 aromatic rings. The quantitative estimate of drug-likeness (QED) is 0.824. The zero-order valence-electron chi connectivity index (χ0n) is 9.70. The fourth-order valence-corrected chi connectivity index (χ4v) is 2.32. The van der Waals surface area contributed by atoms with Gasteiger partial charge in [-0.2, -0.15) is 0 Å². The average Bonchev–Trinajstić information content (AvgIpc) is 2.38. The van der Waals surface area contributed by atoms with Crippen molar-refractivity contribution >= 4 is 32.4 Å². The van der Waals surface area contributed by atoms with Crippen molar-refractivity contribution in [2.45, 2.75) is 19.4 Å². The lowest BCUT2D eigenvalue weighted by atomic mass is 10.1. The molecule has 2 aromatic carbocycles. The number of fused-ring (bicyclic) bond motifs is 1. The molecule has 2 rings (SSSR count). The number of hydrogen-bond donors (Lipinski definition) is 1. The number of rotatable bonds is 3. The molecule has 0 saturated heterocycles. The van der Waals surface area contributed by atoms with Crippen LogP contribution in [0.3, 0.4) is 0 Å². The van der Waals surface area contributed by atoms with Crippen LogP contribution in [0, 0.1) is 12.3 Å². The monoisotopic (exact) mass is 287 g/mol. The van der Waals surface area contributed by atoms with Crippen molar-refractivity contribution in [2.24, 2.45) is 0 Å². The van der Waals surface area contributed by atoms with Gasteiger partial charge in [0.25, 0.3) is 0 Å². The first-order chi connectivity index (χ1) is 8.26. The van der Waals surface area contributed by atoms with E-state index in [1.165, 1.54) is 10.8 Å². The van der Waals surface area contributed by atoms with Crippen LogP contribution in [0.25, 0.3) is 10.8 Å². The molecule has 86 valence electrons. The molecule has 1 unspecified atom stereocenters. The molecule has 0 amide bonds. The molecule has 0 spiro atoms. The van der Waals surface area contributed by atoms with Gasteiger partial charge < -0.3 is 5.32 Å². The molecule has 17 heavy (non-hydrogen) atoms. The summed E-state index contributed by atoms with van der Waals surface area (Å²) in [5.41, 5.74) is 1.09. The molecule has 0 aliphatic rings. The van der Waals surface area contributed by atoms with Gasteiger partial charge in [0, 0.05) is 15.5 Å². The molecule has 0 saturated carbocycles. The van der Waals surface area contributed by atoms with Gasteiger partial charge in [-0.15, -0.1) is 6.42 Å². The molecular weight excluding hydrogens is 274 g/mol. The number of benzene rings is 2. The van der Waals surface area contributed by atoms with Crippen LogP contribution in [0.1, 0.15) is 13.3 Å². The Balaban J connectivity index is 2.49. The lowest BCUT2D eigenvalue weighted by Gasteiger charge is -2.15. The van der Waals surface area contributed by atoms with Crippen LogP contribution in [0.15, 0.2) is 40.9 Å². The molecular formula is C15H14BrN. The van der Waals surface area contributed by atoms with Crippen molar-refractivity contribution in [3.63, 3.8) is 0 Å². The van der Waals surface area contributed by atoms with Gasteiger partial charge in [0.2, 0.25) is 0 Å². The molecule has 0 fully saturated rings. The van der Waals surface area contributed by atoms with E-state index in [0.717, 1.165) is 16.6 Å². The Bertz CT molecular complexity index is 569. The standard InChI is InChI=1S/C15H14BrN/c1-3-11(4-2)17-15-10-9-14(16)12-7-5-6-8-13(12)15/h1,5-11,17H,4H2,2H3. The number of terminal acetylenes is 1. The van der Waals surface area contributed by atoms with Crippen molar-refractivity contribution in [3.8, 4) is 12.3 Å². The number of nitrogens with one attached hydrogen (secondary N) is 1. The Kier molecular flexibility index (Phi) is 3.71. The summed E-state index contributed by atoms with van der Waals surface area (Å²) in [6.07, 6.45) is 6.40. The smallest absolute Gasteiger partial charge is 0.0871 e. The van der Waals surface area contributed by atoms with Gasteiger partial charge in [0.05, 0.1) is 6.04 Å². The molecule has 0 radical (unpaired) electrons. The SMILES string of the molecule is C#CC(CC)Nc1ccc(Br)c2ccccc12. The first-order valence-corrected chi connectivity index (χ1v) is 6.45. The van der Waals surface area contributed by atoms with Crippen molar-refractivity contribution in [3.05, 3.63) is 40.9 Å². The van der Waals surface area contributed by atoms with E-state index in [1.807, 2.05) is 18.2 Å². The van der Waals surface area contributed by atoms with E-state index in [-0.39, 0.29) is 6.04 Å². The highest BCUT2D eigenvalue weighted by atomic mass is 79.9. The summed E-state index contributed by atoms with van der Waals surface area (Å²) >= 11 is 3.56. The normalized spacial score (nSPS) is 12.1. The zero-order chi connectivity index (χ0) is 12.3. The topological polar surface area (TPSA) is 12.0 Å². The second kappa shape index (κ2) is 5.25. The highest BCUT2D eigenvalue weighted by Gasteiger charge is 2.06. The van der Waals surface area contributed by atoms with Crippen LogP contribution in [0.4, 0.5) is 5.69 Å². The Morgan fingerprint density at radius 3 is 2.59 bits per heavy atom. The fraction of sp³-hybridized carbons (Fsp3) is 0.200. The van der Waals surface area contributed by atoms with Gasteiger partial charge in [-0.1, -0.05) is 53.0 Å². The van der Waals surface area contributed by atoms with Crippen molar-refractivity contribution in [1.29, 1.82) is 0 Å². The van der Waals surface area contributed by atoms with Gasteiger partial charge in [0.15, 0.2) is 0 Å². The summed E-state index contributed by atoms with van der Waals surface area (Å²) in [7, 11) is 0. The molecule has 0 aromatic heterocycles. The molecule has 0 aliphatic heterocycles. The minimum Gasteiger partial charge on any atom is -0.371 e. The van der Waals surface area contributed by atoms with Gasteiger partial charge in [-0.05, 0) is 23.9 Å². The Morgan fingerprint density at radius 1 is 1.24 bits per heavy atom. The highest BCUT2D eigenvalue weighted by molar-refractivity contribution is 9.10. The molecule has 1 atom stereocenters. The molecule has 2 heteroatoms. The van der Waals surface area contributed by atoms with Gasteiger partial charge in [-0.25, -0.2) is 0 Å². The van der Waals surface area contributed by atoms with Gasteiger partial charge in [-0.3, -0.25) is 0 Å². The second-order valence-corrected chi connectivity index (χ2v) is 4.77. The van der Waals surface area contributed by atoms with Gasteiger partial charge >= 0.3 is 0 Å².